The van der Waals surface area contributed by atoms with Gasteiger partial charge in [-0.15, -0.1) is 0 Å². The van der Waals surface area contributed by atoms with Crippen LogP contribution in [-0.2, 0) is 0 Å². The summed E-state index contributed by atoms with van der Waals surface area (Å²) in [5, 5.41) is 0. The van der Waals surface area contributed by atoms with Crippen LogP contribution in [0.1, 0.15) is 55.3 Å². The van der Waals surface area contributed by atoms with Crippen molar-refractivity contribution in [1.29, 1.82) is 0 Å². The third-order valence-corrected chi connectivity index (χ3v) is 5.39. The summed E-state index contributed by atoms with van der Waals surface area (Å²) in [5.74, 6) is 2.35. The molecule has 158 valence electrons. The van der Waals surface area contributed by atoms with Crippen LogP contribution < -0.4 is 9.47 Å². The third kappa shape index (κ3) is 4.27. The topological polar surface area (TPSA) is 64.8 Å². The number of carbonyl (C=O) groups is 1. The number of hydrogen-bond acceptors (Lipinski definition) is 5. The number of rotatable bonds is 7. The molecule has 1 amide bonds. The molecule has 0 atom stereocenters. The van der Waals surface area contributed by atoms with Crippen molar-refractivity contribution in [1.82, 2.24) is 9.88 Å². The fourth-order valence-electron chi connectivity index (χ4n) is 3.82. The average Bonchev–Trinajstić information content (AvgIpc) is 3.22. The lowest BCUT2D eigenvalue weighted by Crippen LogP contribution is -2.38. The molecule has 0 N–H and O–H groups in total. The Bertz CT molecular complexity index is 972. The minimum Gasteiger partial charge on any atom is -0.490 e. The lowest BCUT2D eigenvalue weighted by molar-refractivity contribution is 0.0706. The number of benzene rings is 2. The summed E-state index contributed by atoms with van der Waals surface area (Å²) in [6.45, 7) is 6.49. The van der Waals surface area contributed by atoms with Crippen LogP contribution >= 0.6 is 0 Å². The molecule has 0 aliphatic carbocycles. The van der Waals surface area contributed by atoms with E-state index in [2.05, 4.69) is 11.9 Å². The molecule has 3 aromatic rings. The zero-order valence-corrected chi connectivity index (χ0v) is 17.6. The molecule has 0 unspecified atom stereocenters. The fraction of sp³-hybridized carbons (Fsp3) is 0.417. The second-order valence-corrected chi connectivity index (χ2v) is 7.53. The first-order valence-corrected chi connectivity index (χ1v) is 10.7. The second-order valence-electron chi connectivity index (χ2n) is 7.53. The largest absolute Gasteiger partial charge is 0.490 e. The van der Waals surface area contributed by atoms with Crippen LogP contribution in [0, 0.1) is 0 Å². The molecule has 0 saturated carbocycles. The Balaban J connectivity index is 1.42. The van der Waals surface area contributed by atoms with Gasteiger partial charge in [0.05, 0.1) is 13.2 Å². The number of aromatic nitrogens is 1. The molecule has 1 aliphatic rings. The van der Waals surface area contributed by atoms with Crippen LogP contribution in [0.3, 0.4) is 0 Å². The molecule has 1 aliphatic heterocycles. The molecule has 0 radical (unpaired) electrons. The van der Waals surface area contributed by atoms with Crippen LogP contribution in [-0.4, -0.2) is 42.1 Å². The molecule has 4 rings (SSSR count). The van der Waals surface area contributed by atoms with Crippen LogP contribution in [0.4, 0.5) is 0 Å². The van der Waals surface area contributed by atoms with Crippen LogP contribution in [0.2, 0.25) is 0 Å². The van der Waals surface area contributed by atoms with Gasteiger partial charge < -0.3 is 18.8 Å². The SMILES string of the molecule is CCCOc1ccc(C(=O)N2CCC(c3nc4ccccc4o3)CC2)cc1OCC. The van der Waals surface area contributed by atoms with Crippen LogP contribution in [0.5, 0.6) is 11.5 Å². The third-order valence-electron chi connectivity index (χ3n) is 5.39. The number of oxazole rings is 1. The van der Waals surface area contributed by atoms with Gasteiger partial charge in [-0.2, -0.15) is 0 Å². The summed E-state index contributed by atoms with van der Waals surface area (Å²) in [5.41, 5.74) is 2.34. The first-order chi connectivity index (χ1) is 14.7. The first-order valence-electron chi connectivity index (χ1n) is 10.7. The van der Waals surface area contributed by atoms with E-state index in [1.54, 1.807) is 6.07 Å². The Labute approximate surface area is 176 Å². The molecular weight excluding hydrogens is 380 g/mol. The molecule has 1 saturated heterocycles. The number of fused-ring (bicyclic) bond motifs is 1. The van der Waals surface area contributed by atoms with Gasteiger partial charge in [-0.05, 0) is 56.5 Å². The molecule has 1 fully saturated rings. The van der Waals surface area contributed by atoms with Crippen molar-refractivity contribution >= 4 is 17.0 Å². The quantitative estimate of drug-likeness (QED) is 0.548. The fourth-order valence-corrected chi connectivity index (χ4v) is 3.82. The van der Waals surface area contributed by atoms with E-state index in [1.165, 1.54) is 0 Å². The van der Waals surface area contributed by atoms with Gasteiger partial charge in [0, 0.05) is 24.6 Å². The van der Waals surface area contributed by atoms with Crippen molar-refractivity contribution < 1.29 is 18.7 Å². The summed E-state index contributed by atoms with van der Waals surface area (Å²) >= 11 is 0. The van der Waals surface area contributed by atoms with E-state index < -0.39 is 0 Å². The monoisotopic (exact) mass is 408 g/mol. The number of ether oxygens (including phenoxy) is 2. The average molecular weight is 408 g/mol. The van der Waals surface area contributed by atoms with Gasteiger partial charge in [0.15, 0.2) is 23.0 Å². The van der Waals surface area contributed by atoms with Gasteiger partial charge in [-0.1, -0.05) is 19.1 Å². The number of piperidine rings is 1. The van der Waals surface area contributed by atoms with E-state index in [9.17, 15) is 4.79 Å². The maximum absolute atomic E-state index is 13.1. The van der Waals surface area contributed by atoms with E-state index in [0.717, 1.165) is 36.3 Å². The normalized spacial score (nSPS) is 14.8. The Morgan fingerprint density at radius 3 is 2.63 bits per heavy atom. The Morgan fingerprint density at radius 2 is 1.90 bits per heavy atom. The van der Waals surface area contributed by atoms with E-state index in [-0.39, 0.29) is 11.8 Å². The molecule has 30 heavy (non-hydrogen) atoms. The van der Waals surface area contributed by atoms with Crippen molar-refractivity contribution in [3.05, 3.63) is 53.9 Å². The van der Waals surface area contributed by atoms with Crippen LogP contribution in [0.25, 0.3) is 11.1 Å². The number of carbonyl (C=O) groups excluding carboxylic acids is 1. The van der Waals surface area contributed by atoms with Crippen molar-refractivity contribution in [2.75, 3.05) is 26.3 Å². The van der Waals surface area contributed by atoms with Gasteiger partial charge in [0.25, 0.3) is 5.91 Å². The van der Waals surface area contributed by atoms with Crippen molar-refractivity contribution in [2.45, 2.75) is 39.0 Å². The summed E-state index contributed by atoms with van der Waals surface area (Å²) in [6, 6.07) is 13.3. The van der Waals surface area contributed by atoms with E-state index in [0.29, 0.717) is 43.4 Å². The zero-order valence-electron chi connectivity index (χ0n) is 17.6. The molecule has 2 heterocycles. The number of hydrogen-bond donors (Lipinski definition) is 0. The van der Waals surface area contributed by atoms with Crippen molar-refractivity contribution in [3.8, 4) is 11.5 Å². The summed E-state index contributed by atoms with van der Waals surface area (Å²) in [7, 11) is 0. The van der Waals surface area contributed by atoms with E-state index in [4.69, 9.17) is 13.9 Å². The Hall–Kier alpha value is -3.02. The maximum Gasteiger partial charge on any atom is 0.253 e. The number of likely N-dealkylation sites (tertiary alicyclic amines) is 1. The lowest BCUT2D eigenvalue weighted by Gasteiger charge is -2.30. The molecule has 0 bridgehead atoms. The summed E-state index contributed by atoms with van der Waals surface area (Å²) < 4.78 is 17.4. The molecular formula is C24H28N2O4. The number of para-hydroxylation sites is 2. The standard InChI is InChI=1S/C24H28N2O4/c1-3-15-29-21-10-9-18(16-22(21)28-4-2)24(27)26-13-11-17(12-14-26)23-25-19-7-5-6-8-20(19)30-23/h5-10,16-17H,3-4,11-15H2,1-2H3. The predicted molar refractivity (Wildman–Crippen MR) is 115 cm³/mol. The summed E-state index contributed by atoms with van der Waals surface area (Å²) in [4.78, 5) is 19.6. The van der Waals surface area contributed by atoms with Crippen molar-refractivity contribution in [2.24, 2.45) is 0 Å². The predicted octanol–water partition coefficient (Wildman–Crippen LogP) is 5.04. The summed E-state index contributed by atoms with van der Waals surface area (Å²) in [6.07, 6.45) is 2.60. The van der Waals surface area contributed by atoms with Gasteiger partial charge >= 0.3 is 0 Å². The van der Waals surface area contributed by atoms with Gasteiger partial charge in [-0.25, -0.2) is 4.98 Å². The molecule has 0 spiro atoms. The van der Waals surface area contributed by atoms with Crippen molar-refractivity contribution in [3.63, 3.8) is 0 Å². The van der Waals surface area contributed by atoms with Gasteiger partial charge in [-0.3, -0.25) is 4.79 Å². The zero-order chi connectivity index (χ0) is 20.9. The highest BCUT2D eigenvalue weighted by molar-refractivity contribution is 5.95. The number of nitrogens with zero attached hydrogens (tertiary/aromatic N) is 2. The Morgan fingerprint density at radius 1 is 1.10 bits per heavy atom. The van der Waals surface area contributed by atoms with Gasteiger partial charge in [0.2, 0.25) is 0 Å². The minimum atomic E-state index is 0.0222. The maximum atomic E-state index is 13.1. The Kier molecular flexibility index (Phi) is 6.21. The van der Waals surface area contributed by atoms with Gasteiger partial charge in [0.1, 0.15) is 5.52 Å². The number of amides is 1. The molecule has 2 aromatic carbocycles. The highest BCUT2D eigenvalue weighted by Gasteiger charge is 2.28. The van der Waals surface area contributed by atoms with E-state index >= 15 is 0 Å². The first kappa shape index (κ1) is 20.3. The van der Waals surface area contributed by atoms with E-state index in [1.807, 2.05) is 48.2 Å². The smallest absolute Gasteiger partial charge is 0.253 e. The molecule has 1 aromatic heterocycles. The van der Waals surface area contributed by atoms with Crippen LogP contribution in [0.15, 0.2) is 46.9 Å². The minimum absolute atomic E-state index is 0.0222. The molecule has 6 heteroatoms. The highest BCUT2D eigenvalue weighted by Crippen LogP contribution is 2.32. The second kappa shape index (κ2) is 9.20. The molecule has 6 nitrogen and oxygen atoms in total. The highest BCUT2D eigenvalue weighted by atomic mass is 16.5. The lowest BCUT2D eigenvalue weighted by atomic mass is 9.96.